The number of rotatable bonds is 2. The minimum atomic E-state index is -4.37. The standard InChI is InChI=1S/C14H11F3OS.C2H6/c1-10-2-6-12(7-3-10)19(18)13-8-4-11(5-9-13)14(15,16)17;1-2/h2-9H,1H3;1-2H3. The largest absolute Gasteiger partial charge is 0.416 e. The van der Waals surface area contributed by atoms with Gasteiger partial charge in [-0.25, -0.2) is 4.21 Å². The molecule has 2 aromatic carbocycles. The van der Waals surface area contributed by atoms with Crippen molar-refractivity contribution in [3.63, 3.8) is 0 Å². The lowest BCUT2D eigenvalue weighted by Crippen LogP contribution is -2.04. The number of halogens is 3. The predicted molar refractivity (Wildman–Crippen MR) is 78.6 cm³/mol. The van der Waals surface area contributed by atoms with E-state index in [2.05, 4.69) is 0 Å². The summed E-state index contributed by atoms with van der Waals surface area (Å²) in [6, 6.07) is 11.4. The van der Waals surface area contributed by atoms with Crippen LogP contribution in [0, 0.1) is 6.92 Å². The lowest BCUT2D eigenvalue weighted by atomic mass is 10.2. The second kappa shape index (κ2) is 7.41. The maximum absolute atomic E-state index is 12.4. The number of benzene rings is 2. The Morgan fingerprint density at radius 2 is 1.19 bits per heavy atom. The molecule has 0 aliphatic carbocycles. The summed E-state index contributed by atoms with van der Waals surface area (Å²) in [7, 11) is -1.46. The molecule has 1 nitrogen and oxygen atoms in total. The van der Waals surface area contributed by atoms with E-state index in [1.165, 1.54) is 12.1 Å². The Hall–Kier alpha value is -1.62. The average molecular weight is 314 g/mol. The van der Waals surface area contributed by atoms with Crippen LogP contribution in [0.2, 0.25) is 0 Å². The van der Waals surface area contributed by atoms with Crippen LogP contribution >= 0.6 is 0 Å². The molecule has 0 saturated carbocycles. The zero-order valence-corrected chi connectivity index (χ0v) is 12.9. The molecule has 0 amide bonds. The van der Waals surface area contributed by atoms with E-state index < -0.39 is 22.5 Å². The van der Waals surface area contributed by atoms with Crippen LogP contribution in [0.5, 0.6) is 0 Å². The van der Waals surface area contributed by atoms with E-state index in [1.54, 1.807) is 12.1 Å². The zero-order chi connectivity index (χ0) is 16.0. The maximum atomic E-state index is 12.4. The second-order valence-electron chi connectivity index (χ2n) is 4.10. The minimum Gasteiger partial charge on any atom is -0.249 e. The van der Waals surface area contributed by atoms with Crippen molar-refractivity contribution >= 4 is 10.8 Å². The summed E-state index contributed by atoms with van der Waals surface area (Å²) in [5.41, 5.74) is 0.297. The van der Waals surface area contributed by atoms with Gasteiger partial charge in [-0.15, -0.1) is 0 Å². The molecule has 0 N–H and O–H groups in total. The van der Waals surface area contributed by atoms with Crippen molar-refractivity contribution in [2.45, 2.75) is 36.7 Å². The fourth-order valence-electron chi connectivity index (χ4n) is 1.57. The molecular formula is C16H17F3OS. The zero-order valence-electron chi connectivity index (χ0n) is 12.1. The minimum absolute atomic E-state index is 0.358. The molecule has 2 rings (SSSR count). The molecule has 0 aliphatic heterocycles. The summed E-state index contributed by atoms with van der Waals surface area (Å²) in [6.07, 6.45) is -4.37. The molecule has 1 unspecified atom stereocenters. The fourth-order valence-corrected chi connectivity index (χ4v) is 2.60. The predicted octanol–water partition coefficient (Wildman–Crippen LogP) is 5.21. The van der Waals surface area contributed by atoms with Gasteiger partial charge >= 0.3 is 6.18 Å². The van der Waals surface area contributed by atoms with Crippen molar-refractivity contribution in [1.82, 2.24) is 0 Å². The lowest BCUT2D eigenvalue weighted by molar-refractivity contribution is -0.137. The highest BCUT2D eigenvalue weighted by atomic mass is 32.2. The summed E-state index contributed by atoms with van der Waals surface area (Å²) in [5, 5.41) is 0. The number of alkyl halides is 3. The van der Waals surface area contributed by atoms with Gasteiger partial charge in [0, 0.05) is 9.79 Å². The number of hydrogen-bond donors (Lipinski definition) is 0. The van der Waals surface area contributed by atoms with E-state index in [4.69, 9.17) is 0 Å². The van der Waals surface area contributed by atoms with Gasteiger partial charge in [0.15, 0.2) is 0 Å². The molecule has 1 atom stereocenters. The van der Waals surface area contributed by atoms with E-state index in [9.17, 15) is 17.4 Å². The number of aryl methyl sites for hydroxylation is 1. The van der Waals surface area contributed by atoms with Gasteiger partial charge in [0.1, 0.15) is 0 Å². The van der Waals surface area contributed by atoms with Crippen molar-refractivity contribution in [2.75, 3.05) is 0 Å². The molecular weight excluding hydrogens is 297 g/mol. The smallest absolute Gasteiger partial charge is 0.249 e. The van der Waals surface area contributed by atoms with Gasteiger partial charge in [-0.05, 0) is 43.3 Å². The molecule has 0 heterocycles. The van der Waals surface area contributed by atoms with Crippen LogP contribution in [-0.2, 0) is 17.0 Å². The summed E-state index contributed by atoms with van der Waals surface area (Å²) in [6.45, 7) is 5.91. The first-order chi connectivity index (χ1) is 9.88. The molecule has 2 aromatic rings. The van der Waals surface area contributed by atoms with Crippen molar-refractivity contribution in [2.24, 2.45) is 0 Å². The molecule has 0 saturated heterocycles. The van der Waals surface area contributed by atoms with Crippen LogP contribution in [0.1, 0.15) is 25.0 Å². The van der Waals surface area contributed by atoms with E-state index in [-0.39, 0.29) is 0 Å². The van der Waals surface area contributed by atoms with Crippen LogP contribution in [-0.4, -0.2) is 4.21 Å². The van der Waals surface area contributed by atoms with Gasteiger partial charge in [-0.3, -0.25) is 0 Å². The Balaban J connectivity index is 0.00000106. The Bertz CT molecular complexity index is 586. The second-order valence-corrected chi connectivity index (χ2v) is 5.58. The van der Waals surface area contributed by atoms with Crippen molar-refractivity contribution in [3.05, 3.63) is 59.7 Å². The maximum Gasteiger partial charge on any atom is 0.416 e. The first kappa shape index (κ1) is 17.4. The monoisotopic (exact) mass is 314 g/mol. The molecule has 0 aliphatic rings. The van der Waals surface area contributed by atoms with Crippen LogP contribution in [0.15, 0.2) is 58.3 Å². The lowest BCUT2D eigenvalue weighted by Gasteiger charge is -2.07. The first-order valence-electron chi connectivity index (χ1n) is 6.53. The van der Waals surface area contributed by atoms with Gasteiger partial charge in [0.2, 0.25) is 0 Å². The van der Waals surface area contributed by atoms with Crippen LogP contribution < -0.4 is 0 Å². The number of hydrogen-bond acceptors (Lipinski definition) is 1. The van der Waals surface area contributed by atoms with Gasteiger partial charge < -0.3 is 0 Å². The normalized spacial score (nSPS) is 12.3. The van der Waals surface area contributed by atoms with Crippen molar-refractivity contribution in [3.8, 4) is 0 Å². The quantitative estimate of drug-likeness (QED) is 0.744. The van der Waals surface area contributed by atoms with Crippen LogP contribution in [0.25, 0.3) is 0 Å². The fraction of sp³-hybridized carbons (Fsp3) is 0.250. The Morgan fingerprint density at radius 3 is 1.57 bits per heavy atom. The molecule has 21 heavy (non-hydrogen) atoms. The first-order valence-corrected chi connectivity index (χ1v) is 7.68. The molecule has 0 fully saturated rings. The summed E-state index contributed by atoms with van der Waals surface area (Å²) >= 11 is 0. The summed E-state index contributed by atoms with van der Waals surface area (Å²) in [5.74, 6) is 0. The third kappa shape index (κ3) is 4.70. The Labute approximate surface area is 125 Å². The van der Waals surface area contributed by atoms with Gasteiger partial charge in [0.25, 0.3) is 0 Å². The summed E-state index contributed by atoms with van der Waals surface area (Å²) < 4.78 is 49.4. The molecule has 0 spiro atoms. The SMILES string of the molecule is CC.Cc1ccc(S(=O)c2ccc(C(F)(F)F)cc2)cc1. The third-order valence-corrected chi connectivity index (χ3v) is 4.03. The highest BCUT2D eigenvalue weighted by Crippen LogP contribution is 2.30. The Kier molecular flexibility index (Phi) is 6.15. The van der Waals surface area contributed by atoms with Crippen molar-refractivity contribution < 1.29 is 17.4 Å². The van der Waals surface area contributed by atoms with Crippen LogP contribution in [0.4, 0.5) is 13.2 Å². The van der Waals surface area contributed by atoms with Gasteiger partial charge in [0.05, 0.1) is 16.4 Å². The van der Waals surface area contributed by atoms with E-state index in [0.29, 0.717) is 9.79 Å². The van der Waals surface area contributed by atoms with E-state index in [0.717, 1.165) is 17.7 Å². The molecule has 114 valence electrons. The van der Waals surface area contributed by atoms with Crippen molar-refractivity contribution in [1.29, 1.82) is 0 Å². The Morgan fingerprint density at radius 1 is 0.810 bits per heavy atom. The van der Waals surface area contributed by atoms with Crippen LogP contribution in [0.3, 0.4) is 0 Å². The molecule has 0 aromatic heterocycles. The topological polar surface area (TPSA) is 17.1 Å². The molecule has 5 heteroatoms. The third-order valence-electron chi connectivity index (χ3n) is 2.63. The molecule has 0 radical (unpaired) electrons. The highest BCUT2D eigenvalue weighted by Gasteiger charge is 2.30. The van der Waals surface area contributed by atoms with Gasteiger partial charge in [-0.2, -0.15) is 13.2 Å². The highest BCUT2D eigenvalue weighted by molar-refractivity contribution is 7.85. The summed E-state index contributed by atoms with van der Waals surface area (Å²) in [4.78, 5) is 0.933. The average Bonchev–Trinajstić information content (AvgIpc) is 2.49. The van der Waals surface area contributed by atoms with E-state index in [1.807, 2.05) is 32.9 Å². The molecule has 0 bridgehead atoms. The van der Waals surface area contributed by atoms with Gasteiger partial charge in [-0.1, -0.05) is 31.5 Å². The van der Waals surface area contributed by atoms with E-state index >= 15 is 0 Å².